The summed E-state index contributed by atoms with van der Waals surface area (Å²) in [4.78, 5) is 11.4. The van der Waals surface area contributed by atoms with Crippen molar-refractivity contribution in [2.45, 2.75) is 18.8 Å². The van der Waals surface area contributed by atoms with Gasteiger partial charge in [-0.05, 0) is 5.56 Å². The molecule has 1 aliphatic heterocycles. The summed E-state index contributed by atoms with van der Waals surface area (Å²) in [6.45, 7) is 0.926. The smallest absolute Gasteiger partial charge is 0.407 e. The van der Waals surface area contributed by atoms with Gasteiger partial charge in [0.1, 0.15) is 12.8 Å². The standard InChI is InChI=1S/C12H15FN2O2/c13-10-6-14-7-11(10)15-12(16)17-8-9-4-2-1-3-5-9/h1-5,10-11,14H,6-8H2,(H,15,16)/t10-,11?/m0/s1. The molecular weight excluding hydrogens is 223 g/mol. The van der Waals surface area contributed by atoms with E-state index in [1.54, 1.807) is 0 Å². The lowest BCUT2D eigenvalue weighted by Crippen LogP contribution is -2.41. The van der Waals surface area contributed by atoms with E-state index >= 15 is 0 Å². The van der Waals surface area contributed by atoms with Crippen molar-refractivity contribution in [3.05, 3.63) is 35.9 Å². The number of nitrogens with one attached hydrogen (secondary N) is 2. The van der Waals surface area contributed by atoms with Crippen LogP contribution in [0.25, 0.3) is 0 Å². The number of hydrogen-bond donors (Lipinski definition) is 2. The number of benzene rings is 1. The average molecular weight is 238 g/mol. The number of carbonyl (C=O) groups excluding carboxylic acids is 1. The third kappa shape index (κ3) is 3.42. The number of alkyl halides is 1. The first-order valence-electron chi connectivity index (χ1n) is 5.57. The lowest BCUT2D eigenvalue weighted by molar-refractivity contribution is 0.132. The summed E-state index contributed by atoms with van der Waals surface area (Å²) in [5.74, 6) is 0. The second kappa shape index (κ2) is 5.63. The van der Waals surface area contributed by atoms with Crippen LogP contribution in [0.1, 0.15) is 5.56 Å². The first-order valence-corrected chi connectivity index (χ1v) is 5.57. The van der Waals surface area contributed by atoms with Gasteiger partial charge in [0.15, 0.2) is 0 Å². The van der Waals surface area contributed by atoms with E-state index in [9.17, 15) is 9.18 Å². The van der Waals surface area contributed by atoms with Crippen LogP contribution >= 0.6 is 0 Å². The van der Waals surface area contributed by atoms with E-state index in [4.69, 9.17) is 4.74 Å². The molecule has 0 radical (unpaired) electrons. The predicted molar refractivity (Wildman–Crippen MR) is 61.3 cm³/mol. The van der Waals surface area contributed by atoms with Gasteiger partial charge in [-0.15, -0.1) is 0 Å². The number of halogens is 1. The summed E-state index contributed by atoms with van der Waals surface area (Å²) in [5.41, 5.74) is 0.906. The van der Waals surface area contributed by atoms with Crippen molar-refractivity contribution < 1.29 is 13.9 Å². The van der Waals surface area contributed by atoms with Gasteiger partial charge in [-0.25, -0.2) is 9.18 Å². The van der Waals surface area contributed by atoms with Crippen molar-refractivity contribution in [3.63, 3.8) is 0 Å². The Balaban J connectivity index is 1.74. The lowest BCUT2D eigenvalue weighted by atomic mass is 10.2. The molecule has 5 heteroatoms. The Hall–Kier alpha value is -1.62. The van der Waals surface area contributed by atoms with Gasteiger partial charge in [-0.1, -0.05) is 30.3 Å². The molecule has 0 aliphatic carbocycles. The van der Waals surface area contributed by atoms with Gasteiger partial charge in [0.25, 0.3) is 0 Å². The molecule has 1 aromatic rings. The molecule has 2 N–H and O–H groups in total. The first kappa shape index (κ1) is 11.9. The van der Waals surface area contributed by atoms with E-state index in [0.717, 1.165) is 5.56 Å². The van der Waals surface area contributed by atoms with E-state index < -0.39 is 18.3 Å². The number of rotatable bonds is 3. The zero-order chi connectivity index (χ0) is 12.1. The van der Waals surface area contributed by atoms with Crippen molar-refractivity contribution in [1.82, 2.24) is 10.6 Å². The predicted octanol–water partition coefficient (Wildman–Crippen LogP) is 1.22. The van der Waals surface area contributed by atoms with Crippen LogP contribution in [0.4, 0.5) is 9.18 Å². The van der Waals surface area contributed by atoms with Gasteiger partial charge in [0, 0.05) is 13.1 Å². The molecule has 2 rings (SSSR count). The molecule has 1 saturated heterocycles. The molecule has 0 bridgehead atoms. The number of amides is 1. The molecule has 1 unspecified atom stereocenters. The van der Waals surface area contributed by atoms with Gasteiger partial charge in [0.05, 0.1) is 6.04 Å². The number of carbonyl (C=O) groups is 1. The van der Waals surface area contributed by atoms with Crippen LogP contribution in [0.2, 0.25) is 0 Å². The minimum Gasteiger partial charge on any atom is -0.445 e. The van der Waals surface area contributed by atoms with E-state index in [-0.39, 0.29) is 13.2 Å². The molecule has 1 fully saturated rings. The summed E-state index contributed by atoms with van der Waals surface area (Å²) in [6, 6.07) is 8.87. The van der Waals surface area contributed by atoms with Gasteiger partial charge >= 0.3 is 6.09 Å². The largest absolute Gasteiger partial charge is 0.445 e. The summed E-state index contributed by atoms with van der Waals surface area (Å²) >= 11 is 0. The van der Waals surface area contributed by atoms with Crippen LogP contribution in [0.15, 0.2) is 30.3 Å². The summed E-state index contributed by atoms with van der Waals surface area (Å²) in [7, 11) is 0. The Morgan fingerprint density at radius 1 is 1.41 bits per heavy atom. The highest BCUT2D eigenvalue weighted by Gasteiger charge is 2.28. The SMILES string of the molecule is O=C(NC1CNC[C@@H]1F)OCc1ccccc1. The highest BCUT2D eigenvalue weighted by molar-refractivity contribution is 5.67. The molecule has 92 valence electrons. The van der Waals surface area contributed by atoms with Gasteiger partial charge in [-0.3, -0.25) is 0 Å². The van der Waals surface area contributed by atoms with Crippen LogP contribution in [-0.2, 0) is 11.3 Å². The highest BCUT2D eigenvalue weighted by Crippen LogP contribution is 2.05. The third-order valence-corrected chi connectivity index (χ3v) is 2.66. The molecule has 1 aromatic carbocycles. The van der Waals surface area contributed by atoms with E-state index in [0.29, 0.717) is 6.54 Å². The Bertz CT molecular complexity index is 372. The Labute approximate surface area is 99.2 Å². The summed E-state index contributed by atoms with van der Waals surface area (Å²) < 4.78 is 18.2. The number of ether oxygens (including phenoxy) is 1. The first-order chi connectivity index (χ1) is 8.25. The van der Waals surface area contributed by atoms with E-state index in [1.807, 2.05) is 30.3 Å². The Kier molecular flexibility index (Phi) is 3.93. The van der Waals surface area contributed by atoms with Crippen LogP contribution in [0, 0.1) is 0 Å². The molecule has 1 amide bonds. The molecule has 0 saturated carbocycles. The second-order valence-electron chi connectivity index (χ2n) is 3.99. The topological polar surface area (TPSA) is 50.4 Å². The maximum Gasteiger partial charge on any atom is 0.407 e. The summed E-state index contributed by atoms with van der Waals surface area (Å²) in [6.07, 6.45) is -1.62. The van der Waals surface area contributed by atoms with Crippen molar-refractivity contribution in [3.8, 4) is 0 Å². The minimum absolute atomic E-state index is 0.198. The maximum absolute atomic E-state index is 13.2. The maximum atomic E-state index is 13.2. The molecule has 0 spiro atoms. The van der Waals surface area contributed by atoms with Gasteiger partial charge in [0.2, 0.25) is 0 Å². The normalized spacial score (nSPS) is 23.4. The van der Waals surface area contributed by atoms with E-state index in [2.05, 4.69) is 10.6 Å². The van der Waals surface area contributed by atoms with Crippen molar-refractivity contribution >= 4 is 6.09 Å². The van der Waals surface area contributed by atoms with Gasteiger partial charge < -0.3 is 15.4 Å². The van der Waals surface area contributed by atoms with Crippen molar-refractivity contribution in [2.24, 2.45) is 0 Å². The lowest BCUT2D eigenvalue weighted by Gasteiger charge is -2.13. The van der Waals surface area contributed by atoms with Crippen LogP contribution in [0.5, 0.6) is 0 Å². The fraction of sp³-hybridized carbons (Fsp3) is 0.417. The van der Waals surface area contributed by atoms with Crippen molar-refractivity contribution in [1.29, 1.82) is 0 Å². The average Bonchev–Trinajstić information content (AvgIpc) is 2.74. The van der Waals surface area contributed by atoms with E-state index in [1.165, 1.54) is 0 Å². The third-order valence-electron chi connectivity index (χ3n) is 2.66. The fourth-order valence-corrected chi connectivity index (χ4v) is 1.70. The van der Waals surface area contributed by atoms with Crippen LogP contribution in [-0.4, -0.2) is 31.4 Å². The molecule has 1 heterocycles. The molecule has 4 nitrogen and oxygen atoms in total. The molecule has 17 heavy (non-hydrogen) atoms. The molecule has 0 aromatic heterocycles. The van der Waals surface area contributed by atoms with Crippen LogP contribution < -0.4 is 10.6 Å². The van der Waals surface area contributed by atoms with Crippen LogP contribution in [0.3, 0.4) is 0 Å². The zero-order valence-corrected chi connectivity index (χ0v) is 9.36. The minimum atomic E-state index is -1.04. The van der Waals surface area contributed by atoms with Crippen molar-refractivity contribution in [2.75, 3.05) is 13.1 Å². The zero-order valence-electron chi connectivity index (χ0n) is 9.36. The Morgan fingerprint density at radius 3 is 2.82 bits per heavy atom. The second-order valence-corrected chi connectivity index (χ2v) is 3.99. The molecule has 1 aliphatic rings. The van der Waals surface area contributed by atoms with Gasteiger partial charge in [-0.2, -0.15) is 0 Å². The number of hydrogen-bond acceptors (Lipinski definition) is 3. The molecular formula is C12H15FN2O2. The highest BCUT2D eigenvalue weighted by atomic mass is 19.1. The molecule has 2 atom stereocenters. The summed E-state index contributed by atoms with van der Waals surface area (Å²) in [5, 5.41) is 5.36. The quantitative estimate of drug-likeness (QED) is 0.832. The Morgan fingerprint density at radius 2 is 2.18 bits per heavy atom. The monoisotopic (exact) mass is 238 g/mol. The fourth-order valence-electron chi connectivity index (χ4n) is 1.70. The number of alkyl carbamates (subject to hydrolysis) is 1.